The number of hydrogen-bond acceptors (Lipinski definition) is 4. The zero-order chi connectivity index (χ0) is 22.2. The fourth-order valence-corrected chi connectivity index (χ4v) is 4.31. The van der Waals surface area contributed by atoms with Crippen LogP contribution in [-0.4, -0.2) is 54.4 Å². The molecule has 2 amide bonds. The number of amides is 2. The van der Waals surface area contributed by atoms with Crippen LogP contribution in [0.25, 0.3) is 0 Å². The van der Waals surface area contributed by atoms with Crippen LogP contribution in [-0.2, 0) is 15.8 Å². The molecule has 2 saturated heterocycles. The van der Waals surface area contributed by atoms with Gasteiger partial charge >= 0.3 is 6.18 Å². The predicted molar refractivity (Wildman–Crippen MR) is 113 cm³/mol. The number of pyridine rings is 1. The van der Waals surface area contributed by atoms with Crippen LogP contribution in [0.3, 0.4) is 0 Å². The van der Waals surface area contributed by atoms with Crippen molar-refractivity contribution >= 4 is 39.2 Å². The Morgan fingerprint density at radius 2 is 1.81 bits per heavy atom. The Morgan fingerprint density at radius 1 is 1.06 bits per heavy atom. The summed E-state index contributed by atoms with van der Waals surface area (Å²) in [4.78, 5) is 34.9. The first-order valence-electron chi connectivity index (χ1n) is 9.88. The number of benzene rings is 1. The van der Waals surface area contributed by atoms with Crippen LogP contribution >= 0.6 is 15.9 Å². The molecule has 1 unspecified atom stereocenters. The van der Waals surface area contributed by atoms with Gasteiger partial charge in [-0.2, -0.15) is 13.2 Å². The van der Waals surface area contributed by atoms with Gasteiger partial charge in [0.15, 0.2) is 0 Å². The molecule has 0 spiro atoms. The van der Waals surface area contributed by atoms with Crippen LogP contribution in [0.4, 0.5) is 24.7 Å². The first kappa shape index (κ1) is 21.6. The van der Waals surface area contributed by atoms with Crippen molar-refractivity contribution in [2.24, 2.45) is 5.92 Å². The van der Waals surface area contributed by atoms with Crippen LogP contribution in [0.15, 0.2) is 47.1 Å². The van der Waals surface area contributed by atoms with E-state index in [2.05, 4.69) is 20.9 Å². The minimum absolute atomic E-state index is 0.192. The molecule has 2 aliphatic rings. The monoisotopic (exact) mass is 496 g/mol. The minimum Gasteiger partial charge on any atom is -0.353 e. The SMILES string of the molecule is O=C(C1CCN(c2cccc(Br)c2)C1=O)N1CCN(c2ccc(C(F)(F)F)cn2)CC1. The molecule has 0 saturated carbocycles. The third kappa shape index (κ3) is 4.53. The number of carbonyl (C=O) groups excluding carboxylic acids is 2. The first-order valence-corrected chi connectivity index (χ1v) is 10.7. The zero-order valence-corrected chi connectivity index (χ0v) is 18.1. The number of alkyl halides is 3. The van der Waals surface area contributed by atoms with Crippen molar-refractivity contribution < 1.29 is 22.8 Å². The zero-order valence-electron chi connectivity index (χ0n) is 16.5. The lowest BCUT2D eigenvalue weighted by molar-refractivity contribution is -0.140. The van der Waals surface area contributed by atoms with Crippen LogP contribution < -0.4 is 9.80 Å². The summed E-state index contributed by atoms with van der Waals surface area (Å²) in [6, 6.07) is 9.75. The average molecular weight is 497 g/mol. The summed E-state index contributed by atoms with van der Waals surface area (Å²) in [6.07, 6.45) is -3.14. The lowest BCUT2D eigenvalue weighted by Gasteiger charge is -2.36. The number of aromatic nitrogens is 1. The Morgan fingerprint density at radius 3 is 2.42 bits per heavy atom. The van der Waals surface area contributed by atoms with Crippen molar-refractivity contribution in [3.8, 4) is 0 Å². The second-order valence-electron chi connectivity index (χ2n) is 7.53. The highest BCUT2D eigenvalue weighted by Gasteiger charge is 2.40. The number of nitrogens with zero attached hydrogens (tertiary/aromatic N) is 4. The molecule has 2 aliphatic heterocycles. The summed E-state index contributed by atoms with van der Waals surface area (Å²) in [7, 11) is 0. The van der Waals surface area contributed by atoms with Crippen LogP contribution in [0, 0.1) is 5.92 Å². The maximum absolute atomic E-state index is 13.0. The van der Waals surface area contributed by atoms with E-state index >= 15 is 0 Å². The molecule has 2 aromatic rings. The van der Waals surface area contributed by atoms with Gasteiger partial charge in [-0.25, -0.2) is 4.98 Å². The lowest BCUT2D eigenvalue weighted by Crippen LogP contribution is -2.51. The second-order valence-corrected chi connectivity index (χ2v) is 8.44. The van der Waals surface area contributed by atoms with Gasteiger partial charge in [0.25, 0.3) is 0 Å². The fraction of sp³-hybridized carbons (Fsp3) is 0.381. The molecule has 0 aliphatic carbocycles. The van der Waals surface area contributed by atoms with Gasteiger partial charge in [-0.3, -0.25) is 9.59 Å². The van der Waals surface area contributed by atoms with Crippen molar-refractivity contribution in [3.63, 3.8) is 0 Å². The van der Waals surface area contributed by atoms with Crippen LogP contribution in [0.5, 0.6) is 0 Å². The molecule has 164 valence electrons. The number of carbonyl (C=O) groups is 2. The fourth-order valence-electron chi connectivity index (χ4n) is 3.93. The highest BCUT2D eigenvalue weighted by atomic mass is 79.9. The smallest absolute Gasteiger partial charge is 0.353 e. The number of anilines is 2. The normalized spacial score (nSPS) is 19.8. The molecule has 0 radical (unpaired) electrons. The molecule has 31 heavy (non-hydrogen) atoms. The standard InChI is InChI=1S/C21H20BrF3N4O2/c22-15-2-1-3-16(12-15)29-7-6-17(20(29)31)19(30)28-10-8-27(9-11-28)18-5-4-14(13-26-18)21(23,24)25/h1-5,12-13,17H,6-11H2. The summed E-state index contributed by atoms with van der Waals surface area (Å²) in [5, 5.41) is 0. The summed E-state index contributed by atoms with van der Waals surface area (Å²) < 4.78 is 39.0. The Hall–Kier alpha value is -2.62. The third-order valence-electron chi connectivity index (χ3n) is 5.61. The Bertz CT molecular complexity index is 975. The highest BCUT2D eigenvalue weighted by Crippen LogP contribution is 2.30. The topological polar surface area (TPSA) is 56.8 Å². The Labute approximate surface area is 185 Å². The van der Waals surface area contributed by atoms with Crippen molar-refractivity contribution in [1.29, 1.82) is 0 Å². The van der Waals surface area contributed by atoms with Crippen molar-refractivity contribution in [1.82, 2.24) is 9.88 Å². The Kier molecular flexibility index (Phi) is 5.92. The summed E-state index contributed by atoms with van der Waals surface area (Å²) in [5.74, 6) is -0.648. The van der Waals surface area contributed by atoms with Gasteiger partial charge in [0.05, 0.1) is 5.56 Å². The van der Waals surface area contributed by atoms with Gasteiger partial charge in [0, 0.05) is 49.1 Å². The molecule has 1 aromatic carbocycles. The molecule has 10 heteroatoms. The summed E-state index contributed by atoms with van der Waals surface area (Å²) in [6.45, 7) is 2.16. The highest BCUT2D eigenvalue weighted by molar-refractivity contribution is 9.10. The van der Waals surface area contributed by atoms with E-state index in [1.807, 2.05) is 29.2 Å². The molecule has 1 aromatic heterocycles. The molecule has 0 bridgehead atoms. The largest absolute Gasteiger partial charge is 0.417 e. The van der Waals surface area contributed by atoms with E-state index < -0.39 is 17.7 Å². The van der Waals surface area contributed by atoms with E-state index in [4.69, 9.17) is 0 Å². The van der Waals surface area contributed by atoms with Crippen molar-refractivity contribution in [2.75, 3.05) is 42.5 Å². The molecule has 3 heterocycles. The van der Waals surface area contributed by atoms with Crippen LogP contribution in [0.2, 0.25) is 0 Å². The van der Waals surface area contributed by atoms with Crippen molar-refractivity contribution in [2.45, 2.75) is 12.6 Å². The Balaban J connectivity index is 1.36. The number of rotatable bonds is 3. The number of piperazine rings is 1. The predicted octanol–water partition coefficient (Wildman–Crippen LogP) is 3.56. The van der Waals surface area contributed by atoms with Gasteiger partial charge < -0.3 is 14.7 Å². The number of hydrogen-bond donors (Lipinski definition) is 0. The van der Waals surface area contributed by atoms with Crippen molar-refractivity contribution in [3.05, 3.63) is 52.6 Å². The molecule has 2 fully saturated rings. The minimum atomic E-state index is -4.42. The molecule has 6 nitrogen and oxygen atoms in total. The molecule has 0 N–H and O–H groups in total. The van der Waals surface area contributed by atoms with E-state index in [-0.39, 0.29) is 11.8 Å². The molecular formula is C21H20BrF3N4O2. The second kappa shape index (κ2) is 8.49. The third-order valence-corrected chi connectivity index (χ3v) is 6.11. The van der Waals surface area contributed by atoms with E-state index in [9.17, 15) is 22.8 Å². The van der Waals surface area contributed by atoms with E-state index in [0.29, 0.717) is 45.0 Å². The van der Waals surface area contributed by atoms with Crippen LogP contribution in [0.1, 0.15) is 12.0 Å². The van der Waals surface area contributed by atoms with Gasteiger partial charge in [-0.05, 0) is 36.8 Å². The van der Waals surface area contributed by atoms with E-state index in [1.165, 1.54) is 6.07 Å². The van der Waals surface area contributed by atoms with E-state index in [1.54, 1.807) is 9.80 Å². The van der Waals surface area contributed by atoms with Gasteiger partial charge in [-0.1, -0.05) is 22.0 Å². The molecule has 1 atom stereocenters. The quantitative estimate of drug-likeness (QED) is 0.609. The summed E-state index contributed by atoms with van der Waals surface area (Å²) in [5.41, 5.74) is -0.0346. The first-order chi connectivity index (χ1) is 14.7. The maximum atomic E-state index is 13.0. The maximum Gasteiger partial charge on any atom is 0.417 e. The van der Waals surface area contributed by atoms with Gasteiger partial charge in [-0.15, -0.1) is 0 Å². The molecule has 4 rings (SSSR count). The van der Waals surface area contributed by atoms with Gasteiger partial charge in [0.1, 0.15) is 11.7 Å². The molecular weight excluding hydrogens is 477 g/mol. The lowest BCUT2D eigenvalue weighted by atomic mass is 10.1. The van der Waals surface area contributed by atoms with E-state index in [0.717, 1.165) is 22.4 Å². The summed E-state index contributed by atoms with van der Waals surface area (Å²) >= 11 is 3.40. The number of halogens is 4. The average Bonchev–Trinajstić information content (AvgIpc) is 3.14. The van der Waals surface area contributed by atoms with Gasteiger partial charge in [0.2, 0.25) is 11.8 Å².